The van der Waals surface area contributed by atoms with E-state index in [1.165, 1.54) is 18.4 Å². The van der Waals surface area contributed by atoms with Crippen LogP contribution in [0.1, 0.15) is 52.0 Å². The molecule has 1 saturated carbocycles. The average molecular weight is 376 g/mol. The molecule has 0 aliphatic heterocycles. The molecule has 28 heavy (non-hydrogen) atoms. The average Bonchev–Trinajstić information content (AvgIpc) is 3.29. The first-order valence-corrected chi connectivity index (χ1v) is 10.3. The van der Waals surface area contributed by atoms with Crippen LogP contribution >= 0.6 is 0 Å². The van der Waals surface area contributed by atoms with E-state index in [2.05, 4.69) is 50.4 Å². The Labute approximate surface area is 167 Å². The molecule has 1 amide bonds. The second-order valence-electron chi connectivity index (χ2n) is 8.89. The molecular weight excluding hydrogens is 346 g/mol. The van der Waals surface area contributed by atoms with Crippen molar-refractivity contribution in [3.63, 3.8) is 0 Å². The molecule has 1 aliphatic carbocycles. The molecule has 0 unspecified atom stereocenters. The van der Waals surface area contributed by atoms with E-state index in [9.17, 15) is 4.79 Å². The first kappa shape index (κ1) is 18.7. The van der Waals surface area contributed by atoms with Crippen LogP contribution in [0.3, 0.4) is 0 Å². The van der Waals surface area contributed by atoms with Crippen LogP contribution in [0.2, 0.25) is 0 Å². The summed E-state index contributed by atoms with van der Waals surface area (Å²) in [5.74, 6) is 0.922. The molecule has 1 heterocycles. The molecular formula is C24H29N3O. The normalized spacial score (nSPS) is 15.2. The molecule has 2 aromatic carbocycles. The predicted molar refractivity (Wildman–Crippen MR) is 114 cm³/mol. The maximum atomic E-state index is 12.7. The Bertz CT molecular complexity index is 973. The number of nitrogens with zero attached hydrogens (tertiary/aromatic N) is 2. The molecule has 146 valence electrons. The van der Waals surface area contributed by atoms with Crippen molar-refractivity contribution in [3.05, 3.63) is 54.1 Å². The summed E-state index contributed by atoms with van der Waals surface area (Å²) in [4.78, 5) is 17.6. The number of hydrogen-bond acceptors (Lipinski definition) is 2. The van der Waals surface area contributed by atoms with Gasteiger partial charge in [-0.15, -0.1) is 0 Å². The van der Waals surface area contributed by atoms with Crippen molar-refractivity contribution in [3.8, 4) is 11.4 Å². The molecule has 1 N–H and O–H groups in total. The Kier molecular flexibility index (Phi) is 4.96. The number of carbonyl (C=O) groups is 1. The SMILES string of the molecule is CC(C)(C)c1ccc(-c2nc3ccccc3n2CC(=O)NC2CCCC2)cc1. The van der Waals surface area contributed by atoms with E-state index in [-0.39, 0.29) is 11.3 Å². The van der Waals surface area contributed by atoms with Crippen molar-refractivity contribution in [1.29, 1.82) is 0 Å². The van der Waals surface area contributed by atoms with Crippen LogP contribution < -0.4 is 5.32 Å². The standard InChI is InChI=1S/C24H29N3O/c1-24(2,3)18-14-12-17(13-15-18)23-26-20-10-6-7-11-21(20)27(23)16-22(28)25-19-8-4-5-9-19/h6-7,10-15,19H,4-5,8-9,16H2,1-3H3,(H,25,28). The van der Waals surface area contributed by atoms with Crippen LogP contribution in [-0.2, 0) is 16.8 Å². The number of para-hydroxylation sites is 2. The lowest BCUT2D eigenvalue weighted by molar-refractivity contribution is -0.122. The third kappa shape index (κ3) is 3.82. The van der Waals surface area contributed by atoms with E-state index in [1.54, 1.807) is 0 Å². The lowest BCUT2D eigenvalue weighted by Crippen LogP contribution is -2.35. The lowest BCUT2D eigenvalue weighted by Gasteiger charge is -2.19. The molecule has 4 heteroatoms. The van der Waals surface area contributed by atoms with Gasteiger partial charge in [0.15, 0.2) is 0 Å². The molecule has 1 aromatic heterocycles. The summed E-state index contributed by atoms with van der Waals surface area (Å²) in [6, 6.07) is 16.9. The van der Waals surface area contributed by atoms with Gasteiger partial charge in [0, 0.05) is 11.6 Å². The minimum atomic E-state index is 0.0719. The summed E-state index contributed by atoms with van der Waals surface area (Å²) in [7, 11) is 0. The number of rotatable bonds is 4. The van der Waals surface area contributed by atoms with Crippen molar-refractivity contribution in [2.45, 2.75) is 64.5 Å². The monoisotopic (exact) mass is 375 g/mol. The van der Waals surface area contributed by atoms with Gasteiger partial charge in [0.05, 0.1) is 11.0 Å². The van der Waals surface area contributed by atoms with Crippen molar-refractivity contribution < 1.29 is 4.79 Å². The topological polar surface area (TPSA) is 46.9 Å². The van der Waals surface area contributed by atoms with Crippen LogP contribution in [0.4, 0.5) is 0 Å². The molecule has 1 aliphatic rings. The van der Waals surface area contributed by atoms with E-state index in [0.717, 1.165) is 35.3 Å². The highest BCUT2D eigenvalue weighted by Crippen LogP contribution is 2.28. The third-order valence-electron chi connectivity index (χ3n) is 5.69. The van der Waals surface area contributed by atoms with E-state index in [0.29, 0.717) is 12.6 Å². The molecule has 0 spiro atoms. The molecule has 0 bridgehead atoms. The number of nitrogens with one attached hydrogen (secondary N) is 1. The summed E-state index contributed by atoms with van der Waals surface area (Å²) in [5, 5.41) is 3.20. The van der Waals surface area contributed by atoms with Gasteiger partial charge in [-0.3, -0.25) is 4.79 Å². The van der Waals surface area contributed by atoms with Gasteiger partial charge in [-0.05, 0) is 36.0 Å². The summed E-state index contributed by atoms with van der Waals surface area (Å²) in [6.07, 6.45) is 4.61. The van der Waals surface area contributed by atoms with Gasteiger partial charge in [-0.25, -0.2) is 4.98 Å². The number of benzene rings is 2. The van der Waals surface area contributed by atoms with Crippen LogP contribution in [0.5, 0.6) is 0 Å². The van der Waals surface area contributed by atoms with Gasteiger partial charge in [-0.1, -0.05) is 70.0 Å². The van der Waals surface area contributed by atoms with E-state index >= 15 is 0 Å². The number of aromatic nitrogens is 2. The molecule has 0 radical (unpaired) electrons. The number of imidazole rings is 1. The molecule has 3 aromatic rings. The van der Waals surface area contributed by atoms with Crippen molar-refractivity contribution >= 4 is 16.9 Å². The second-order valence-corrected chi connectivity index (χ2v) is 8.89. The Morgan fingerprint density at radius 1 is 1.07 bits per heavy atom. The fourth-order valence-corrected chi connectivity index (χ4v) is 4.06. The van der Waals surface area contributed by atoms with Crippen LogP contribution in [0.15, 0.2) is 48.5 Å². The smallest absolute Gasteiger partial charge is 0.240 e. The summed E-state index contributed by atoms with van der Waals surface area (Å²) in [6.45, 7) is 6.94. The third-order valence-corrected chi connectivity index (χ3v) is 5.69. The van der Waals surface area contributed by atoms with Gasteiger partial charge < -0.3 is 9.88 Å². The number of hydrogen-bond donors (Lipinski definition) is 1. The predicted octanol–water partition coefficient (Wildman–Crippen LogP) is 5.06. The zero-order valence-electron chi connectivity index (χ0n) is 17.0. The molecule has 4 nitrogen and oxygen atoms in total. The van der Waals surface area contributed by atoms with Crippen molar-refractivity contribution in [2.24, 2.45) is 0 Å². The van der Waals surface area contributed by atoms with Crippen LogP contribution in [0.25, 0.3) is 22.4 Å². The minimum Gasteiger partial charge on any atom is -0.352 e. The highest BCUT2D eigenvalue weighted by Gasteiger charge is 2.20. The number of carbonyl (C=O) groups excluding carboxylic acids is 1. The van der Waals surface area contributed by atoms with Gasteiger partial charge in [-0.2, -0.15) is 0 Å². The van der Waals surface area contributed by atoms with Crippen molar-refractivity contribution in [2.75, 3.05) is 0 Å². The van der Waals surface area contributed by atoms with E-state index in [4.69, 9.17) is 4.98 Å². The zero-order chi connectivity index (χ0) is 19.7. The minimum absolute atomic E-state index is 0.0719. The largest absolute Gasteiger partial charge is 0.352 e. The maximum Gasteiger partial charge on any atom is 0.240 e. The number of amides is 1. The van der Waals surface area contributed by atoms with Crippen molar-refractivity contribution in [1.82, 2.24) is 14.9 Å². The summed E-state index contributed by atoms with van der Waals surface area (Å²) in [5.41, 5.74) is 4.36. The second kappa shape index (κ2) is 7.42. The van der Waals surface area contributed by atoms with Gasteiger partial charge in [0.1, 0.15) is 12.4 Å². The maximum absolute atomic E-state index is 12.7. The molecule has 1 fully saturated rings. The Balaban J connectivity index is 1.68. The van der Waals surface area contributed by atoms with Crippen LogP contribution in [-0.4, -0.2) is 21.5 Å². The first-order chi connectivity index (χ1) is 13.4. The van der Waals surface area contributed by atoms with Gasteiger partial charge >= 0.3 is 0 Å². The fourth-order valence-electron chi connectivity index (χ4n) is 4.06. The highest BCUT2D eigenvalue weighted by molar-refractivity contribution is 5.84. The first-order valence-electron chi connectivity index (χ1n) is 10.3. The van der Waals surface area contributed by atoms with E-state index in [1.807, 2.05) is 28.8 Å². The fraction of sp³-hybridized carbons (Fsp3) is 0.417. The van der Waals surface area contributed by atoms with Gasteiger partial charge in [0.25, 0.3) is 0 Å². The lowest BCUT2D eigenvalue weighted by atomic mass is 9.87. The summed E-state index contributed by atoms with van der Waals surface area (Å²) >= 11 is 0. The Hall–Kier alpha value is -2.62. The Morgan fingerprint density at radius 2 is 1.75 bits per heavy atom. The molecule has 4 rings (SSSR count). The highest BCUT2D eigenvalue weighted by atomic mass is 16.2. The summed E-state index contributed by atoms with van der Waals surface area (Å²) < 4.78 is 2.05. The molecule has 0 saturated heterocycles. The quantitative estimate of drug-likeness (QED) is 0.693. The van der Waals surface area contributed by atoms with Gasteiger partial charge in [0.2, 0.25) is 5.91 Å². The number of fused-ring (bicyclic) bond motifs is 1. The molecule has 0 atom stereocenters. The van der Waals surface area contributed by atoms with Crippen LogP contribution in [0, 0.1) is 0 Å². The zero-order valence-corrected chi connectivity index (χ0v) is 17.0. The van der Waals surface area contributed by atoms with E-state index < -0.39 is 0 Å². The Morgan fingerprint density at radius 3 is 2.43 bits per heavy atom.